The van der Waals surface area contributed by atoms with E-state index in [0.29, 0.717) is 12.3 Å². The molecule has 1 unspecified atom stereocenters. The minimum absolute atomic E-state index is 0.604. The third-order valence-electron chi connectivity index (χ3n) is 1.74. The van der Waals surface area contributed by atoms with Crippen LogP contribution < -0.4 is 0 Å². The molecule has 0 spiro atoms. The molecule has 0 saturated heterocycles. The molecule has 0 aromatic carbocycles. The van der Waals surface area contributed by atoms with Crippen molar-refractivity contribution in [2.75, 3.05) is 6.26 Å². The van der Waals surface area contributed by atoms with Crippen molar-refractivity contribution in [1.29, 1.82) is 0 Å². The summed E-state index contributed by atoms with van der Waals surface area (Å²) in [6.45, 7) is 4.42. The van der Waals surface area contributed by atoms with Gasteiger partial charge in [0.05, 0.1) is 12.6 Å². The zero-order valence-corrected chi connectivity index (χ0v) is 10.1. The highest BCUT2D eigenvalue weighted by Gasteiger charge is 1.99. The Bertz CT molecular complexity index is 337. The summed E-state index contributed by atoms with van der Waals surface area (Å²) in [5.74, 6) is 0. The highest BCUT2D eigenvalue weighted by Crippen LogP contribution is 2.10. The van der Waals surface area contributed by atoms with Crippen molar-refractivity contribution in [3.63, 3.8) is 0 Å². The number of aromatic nitrogens is 2. The molecule has 0 radical (unpaired) electrons. The minimum atomic E-state index is -3.67. The molecule has 5 nitrogen and oxygen atoms in total. The molecule has 1 heterocycles. The van der Waals surface area contributed by atoms with Crippen molar-refractivity contribution in [2.45, 2.75) is 32.7 Å². The standard InChI is InChI=1S/C8H14N2.CH4O3S/c1-3-4-8(2)10-6-5-9-7-10;1-5(2,3)4/h5-8H,3-4H2,1-2H3;1H3,(H,2,3,4). The van der Waals surface area contributed by atoms with Crippen LogP contribution in [-0.2, 0) is 10.1 Å². The quantitative estimate of drug-likeness (QED) is 0.809. The van der Waals surface area contributed by atoms with Gasteiger partial charge in [0.2, 0.25) is 0 Å². The van der Waals surface area contributed by atoms with Crippen LogP contribution in [0.5, 0.6) is 0 Å². The molecule has 1 aromatic rings. The largest absolute Gasteiger partial charge is 0.335 e. The van der Waals surface area contributed by atoms with Crippen molar-refractivity contribution < 1.29 is 13.0 Å². The van der Waals surface area contributed by atoms with Crippen molar-refractivity contribution in [3.8, 4) is 0 Å². The Morgan fingerprint density at radius 1 is 1.53 bits per heavy atom. The van der Waals surface area contributed by atoms with E-state index < -0.39 is 10.1 Å². The van der Waals surface area contributed by atoms with E-state index in [0.717, 1.165) is 0 Å². The van der Waals surface area contributed by atoms with Gasteiger partial charge in [-0.05, 0) is 13.3 Å². The fourth-order valence-electron chi connectivity index (χ4n) is 1.10. The van der Waals surface area contributed by atoms with E-state index in [4.69, 9.17) is 4.55 Å². The molecular formula is C9H18N2O3S. The minimum Gasteiger partial charge on any atom is -0.335 e. The average molecular weight is 234 g/mol. The average Bonchev–Trinajstić information content (AvgIpc) is 2.52. The Kier molecular flexibility index (Phi) is 6.19. The van der Waals surface area contributed by atoms with Gasteiger partial charge in [-0.25, -0.2) is 4.98 Å². The van der Waals surface area contributed by atoms with Gasteiger partial charge in [-0.2, -0.15) is 8.42 Å². The van der Waals surface area contributed by atoms with Crippen LogP contribution in [0.1, 0.15) is 32.7 Å². The van der Waals surface area contributed by atoms with Crippen molar-refractivity contribution in [3.05, 3.63) is 18.7 Å². The highest BCUT2D eigenvalue weighted by atomic mass is 32.2. The molecule has 0 saturated carbocycles. The van der Waals surface area contributed by atoms with Gasteiger partial charge in [-0.1, -0.05) is 13.3 Å². The van der Waals surface area contributed by atoms with E-state index in [1.165, 1.54) is 12.8 Å². The zero-order chi connectivity index (χ0) is 11.9. The van der Waals surface area contributed by atoms with Gasteiger partial charge in [-0.15, -0.1) is 0 Å². The summed E-state index contributed by atoms with van der Waals surface area (Å²) >= 11 is 0. The molecule has 88 valence electrons. The van der Waals surface area contributed by atoms with Gasteiger partial charge in [0.1, 0.15) is 0 Å². The Hall–Kier alpha value is -0.880. The SMILES string of the molecule is CCCC(C)n1ccnc1.CS(=O)(=O)O. The fourth-order valence-corrected chi connectivity index (χ4v) is 1.10. The predicted octanol–water partition coefficient (Wildman–Crippen LogP) is 1.75. The van der Waals surface area contributed by atoms with Crippen molar-refractivity contribution >= 4 is 10.1 Å². The maximum Gasteiger partial charge on any atom is 0.261 e. The van der Waals surface area contributed by atoms with E-state index in [-0.39, 0.29) is 0 Å². The molecule has 6 heteroatoms. The molecule has 0 bridgehead atoms. The predicted molar refractivity (Wildman–Crippen MR) is 59.3 cm³/mol. The number of hydrogen-bond donors (Lipinski definition) is 1. The zero-order valence-electron chi connectivity index (χ0n) is 9.29. The Morgan fingerprint density at radius 2 is 2.07 bits per heavy atom. The molecule has 0 aliphatic heterocycles. The van der Waals surface area contributed by atoms with Crippen LogP contribution in [0.3, 0.4) is 0 Å². The van der Waals surface area contributed by atoms with Gasteiger partial charge in [-0.3, -0.25) is 4.55 Å². The third-order valence-corrected chi connectivity index (χ3v) is 1.74. The number of imidazole rings is 1. The van der Waals surface area contributed by atoms with Crippen molar-refractivity contribution in [2.24, 2.45) is 0 Å². The third kappa shape index (κ3) is 9.42. The summed E-state index contributed by atoms with van der Waals surface area (Å²) in [7, 11) is -3.67. The van der Waals surface area contributed by atoms with E-state index >= 15 is 0 Å². The van der Waals surface area contributed by atoms with Crippen LogP contribution in [0.15, 0.2) is 18.7 Å². The number of rotatable bonds is 3. The number of hydrogen-bond acceptors (Lipinski definition) is 3. The topological polar surface area (TPSA) is 72.2 Å². The highest BCUT2D eigenvalue weighted by molar-refractivity contribution is 7.85. The second-order valence-corrected chi connectivity index (χ2v) is 4.85. The molecule has 15 heavy (non-hydrogen) atoms. The van der Waals surface area contributed by atoms with Gasteiger partial charge in [0, 0.05) is 18.4 Å². The first-order chi connectivity index (χ1) is 6.84. The summed E-state index contributed by atoms with van der Waals surface area (Å²) in [6.07, 6.45) is 8.90. The van der Waals surface area contributed by atoms with Gasteiger partial charge >= 0.3 is 0 Å². The summed E-state index contributed by atoms with van der Waals surface area (Å²) in [5.41, 5.74) is 0. The van der Waals surface area contributed by atoms with Crippen LogP contribution >= 0.6 is 0 Å². The van der Waals surface area contributed by atoms with Crippen LogP contribution in [0.25, 0.3) is 0 Å². The lowest BCUT2D eigenvalue weighted by molar-refractivity contribution is 0.490. The van der Waals surface area contributed by atoms with E-state index in [9.17, 15) is 8.42 Å². The normalized spacial score (nSPS) is 12.8. The first-order valence-electron chi connectivity index (χ1n) is 4.74. The van der Waals surface area contributed by atoms with E-state index in [1.807, 2.05) is 18.7 Å². The van der Waals surface area contributed by atoms with E-state index in [1.54, 1.807) is 0 Å². The first kappa shape index (κ1) is 14.1. The second-order valence-electron chi connectivity index (χ2n) is 3.38. The Labute approximate surface area is 90.9 Å². The smallest absolute Gasteiger partial charge is 0.261 e. The molecule has 0 aliphatic carbocycles. The summed E-state index contributed by atoms with van der Waals surface area (Å²) < 4.78 is 28.0. The summed E-state index contributed by atoms with van der Waals surface area (Å²) in [5, 5.41) is 0. The maximum atomic E-state index is 9.19. The van der Waals surface area contributed by atoms with Crippen molar-refractivity contribution in [1.82, 2.24) is 9.55 Å². The molecular weight excluding hydrogens is 216 g/mol. The first-order valence-corrected chi connectivity index (χ1v) is 6.59. The molecule has 0 fully saturated rings. The molecule has 0 aliphatic rings. The molecule has 1 atom stereocenters. The molecule has 1 rings (SSSR count). The lowest BCUT2D eigenvalue weighted by atomic mass is 10.2. The lowest BCUT2D eigenvalue weighted by Gasteiger charge is -2.10. The Morgan fingerprint density at radius 3 is 2.40 bits per heavy atom. The second kappa shape index (κ2) is 6.58. The molecule has 1 aromatic heterocycles. The van der Waals surface area contributed by atoms with Crippen LogP contribution in [0.2, 0.25) is 0 Å². The molecule has 0 amide bonds. The summed E-state index contributed by atoms with van der Waals surface area (Å²) in [6, 6.07) is 0.604. The van der Waals surface area contributed by atoms with Crippen LogP contribution in [0, 0.1) is 0 Å². The van der Waals surface area contributed by atoms with Gasteiger partial charge in [0.15, 0.2) is 0 Å². The molecule has 1 N–H and O–H groups in total. The van der Waals surface area contributed by atoms with Crippen LogP contribution in [0.4, 0.5) is 0 Å². The maximum absolute atomic E-state index is 9.19. The van der Waals surface area contributed by atoms with Gasteiger partial charge < -0.3 is 4.57 Å². The monoisotopic (exact) mass is 234 g/mol. The summed E-state index contributed by atoms with van der Waals surface area (Å²) in [4.78, 5) is 3.99. The van der Waals surface area contributed by atoms with Crippen LogP contribution in [-0.4, -0.2) is 28.8 Å². The number of nitrogens with zero attached hydrogens (tertiary/aromatic N) is 2. The lowest BCUT2D eigenvalue weighted by Crippen LogP contribution is -2.00. The Balaban J connectivity index is 0.000000336. The fraction of sp³-hybridized carbons (Fsp3) is 0.667. The van der Waals surface area contributed by atoms with Gasteiger partial charge in [0.25, 0.3) is 10.1 Å². The van der Waals surface area contributed by atoms with E-state index in [2.05, 4.69) is 23.4 Å².